The highest BCUT2D eigenvalue weighted by Gasteiger charge is 2.08. The van der Waals surface area contributed by atoms with E-state index in [9.17, 15) is 0 Å². The normalized spacial score (nSPS) is 11.1. The van der Waals surface area contributed by atoms with E-state index in [1.807, 2.05) is 22.7 Å². The minimum Gasteiger partial charge on any atom is -0.135 e. The smallest absolute Gasteiger partial charge is 0.0349 e. The van der Waals surface area contributed by atoms with Gasteiger partial charge in [-0.05, 0) is 70.5 Å². The molecule has 158 valence electrons. The van der Waals surface area contributed by atoms with Crippen LogP contribution in [0.15, 0.2) is 97.1 Å². The maximum atomic E-state index is 2.25. The molecule has 0 amide bonds. The van der Waals surface area contributed by atoms with Crippen LogP contribution in [0.25, 0.3) is 41.8 Å². The van der Waals surface area contributed by atoms with Crippen LogP contribution in [0.3, 0.4) is 0 Å². The first-order valence-corrected chi connectivity index (χ1v) is 12.9. The molecule has 0 nitrogen and oxygen atoms in total. The van der Waals surface area contributed by atoms with Crippen LogP contribution >= 0.6 is 22.7 Å². The topological polar surface area (TPSA) is 0 Å². The highest BCUT2D eigenvalue weighted by Crippen LogP contribution is 2.38. The van der Waals surface area contributed by atoms with Gasteiger partial charge in [0.2, 0.25) is 0 Å². The molecule has 0 aliphatic heterocycles. The zero-order valence-corrected chi connectivity index (χ0v) is 20.1. The standard InChI is InChI=1S/C30H26S2/c1-3-21-5-9-23(10-6-21)27-17-19-29(31-27)25-13-15-26(16-14-25)30-20-18-28(32-30)24-11-7-22(4-2)8-12-24/h5-20H,3-4H2,1-2H3. The molecular formula is C30H26S2. The first-order valence-electron chi connectivity index (χ1n) is 11.2. The van der Waals surface area contributed by atoms with Crippen LogP contribution in [0.2, 0.25) is 0 Å². The molecule has 5 rings (SSSR count). The van der Waals surface area contributed by atoms with Gasteiger partial charge in [0.15, 0.2) is 0 Å². The highest BCUT2D eigenvalue weighted by molar-refractivity contribution is 7.19. The Bertz CT molecular complexity index is 1200. The quantitative estimate of drug-likeness (QED) is 0.241. The molecule has 0 bridgehead atoms. The molecule has 0 saturated carbocycles. The maximum absolute atomic E-state index is 2.25. The van der Waals surface area contributed by atoms with Crippen LogP contribution in [0.1, 0.15) is 25.0 Å². The molecule has 32 heavy (non-hydrogen) atoms. The van der Waals surface area contributed by atoms with E-state index >= 15 is 0 Å². The van der Waals surface area contributed by atoms with Crippen molar-refractivity contribution in [3.05, 3.63) is 108 Å². The molecule has 2 aromatic heterocycles. The van der Waals surface area contributed by atoms with Crippen LogP contribution in [0.5, 0.6) is 0 Å². The molecule has 0 unspecified atom stereocenters. The first kappa shape index (κ1) is 20.9. The van der Waals surface area contributed by atoms with Gasteiger partial charge in [0.1, 0.15) is 0 Å². The number of thiophene rings is 2. The fourth-order valence-electron chi connectivity index (χ4n) is 3.90. The van der Waals surface area contributed by atoms with Crippen molar-refractivity contribution in [2.45, 2.75) is 26.7 Å². The third-order valence-electron chi connectivity index (χ3n) is 5.96. The van der Waals surface area contributed by atoms with Gasteiger partial charge in [0, 0.05) is 19.5 Å². The second-order valence-corrected chi connectivity index (χ2v) is 10.2. The molecule has 0 aliphatic rings. The van der Waals surface area contributed by atoms with E-state index in [4.69, 9.17) is 0 Å². The highest BCUT2D eigenvalue weighted by atomic mass is 32.1. The van der Waals surface area contributed by atoms with Crippen LogP contribution in [-0.4, -0.2) is 0 Å². The van der Waals surface area contributed by atoms with Gasteiger partial charge in [-0.15, -0.1) is 22.7 Å². The molecule has 5 aromatic rings. The van der Waals surface area contributed by atoms with Gasteiger partial charge >= 0.3 is 0 Å². The van der Waals surface area contributed by atoms with Crippen LogP contribution in [0.4, 0.5) is 0 Å². The molecule has 0 spiro atoms. The average Bonchev–Trinajstić information content (AvgIpc) is 3.55. The summed E-state index contributed by atoms with van der Waals surface area (Å²) in [6, 6.07) is 35.9. The maximum Gasteiger partial charge on any atom is 0.0349 e. The average molecular weight is 451 g/mol. The van der Waals surface area contributed by atoms with Gasteiger partial charge in [-0.1, -0.05) is 86.6 Å². The molecule has 0 N–H and O–H groups in total. The van der Waals surface area contributed by atoms with Crippen molar-refractivity contribution < 1.29 is 0 Å². The zero-order chi connectivity index (χ0) is 21.9. The van der Waals surface area contributed by atoms with E-state index in [1.54, 1.807) is 0 Å². The Labute approximate surface area is 198 Å². The van der Waals surface area contributed by atoms with E-state index in [1.165, 1.54) is 52.9 Å². The summed E-state index contributed by atoms with van der Waals surface area (Å²) in [5, 5.41) is 0. The second kappa shape index (κ2) is 9.28. The van der Waals surface area contributed by atoms with Crippen LogP contribution < -0.4 is 0 Å². The predicted molar refractivity (Wildman–Crippen MR) is 143 cm³/mol. The number of rotatable bonds is 6. The van der Waals surface area contributed by atoms with Crippen LogP contribution in [-0.2, 0) is 12.8 Å². The van der Waals surface area contributed by atoms with E-state index in [-0.39, 0.29) is 0 Å². The molecular weight excluding hydrogens is 424 g/mol. The summed E-state index contributed by atoms with van der Waals surface area (Å²) >= 11 is 3.72. The van der Waals surface area contributed by atoms with Crippen molar-refractivity contribution in [1.82, 2.24) is 0 Å². The molecule has 0 saturated heterocycles. The van der Waals surface area contributed by atoms with Crippen LogP contribution in [0, 0.1) is 0 Å². The third-order valence-corrected chi connectivity index (χ3v) is 8.33. The van der Waals surface area contributed by atoms with Crippen molar-refractivity contribution in [3.63, 3.8) is 0 Å². The van der Waals surface area contributed by atoms with Gasteiger partial charge in [-0.25, -0.2) is 0 Å². The van der Waals surface area contributed by atoms with Crippen molar-refractivity contribution in [1.29, 1.82) is 0 Å². The molecule has 2 heteroatoms. The Morgan fingerprint density at radius 2 is 0.625 bits per heavy atom. The Balaban J connectivity index is 1.34. The summed E-state index contributed by atoms with van der Waals surface area (Å²) in [4.78, 5) is 5.27. The number of benzene rings is 3. The SMILES string of the molecule is CCc1ccc(-c2ccc(-c3ccc(-c4ccc(-c5ccc(CC)cc5)s4)cc3)s2)cc1. The minimum absolute atomic E-state index is 1.08. The Morgan fingerprint density at radius 3 is 0.875 bits per heavy atom. The Morgan fingerprint density at radius 1 is 0.375 bits per heavy atom. The minimum atomic E-state index is 1.08. The molecule has 2 heterocycles. The van der Waals surface area contributed by atoms with Crippen molar-refractivity contribution in [3.8, 4) is 41.8 Å². The summed E-state index contributed by atoms with van der Waals surface area (Å²) in [6.07, 6.45) is 2.17. The second-order valence-electron chi connectivity index (χ2n) is 8.01. The molecule has 0 aliphatic carbocycles. The molecule has 0 fully saturated rings. The van der Waals surface area contributed by atoms with E-state index in [0.29, 0.717) is 0 Å². The fourth-order valence-corrected chi connectivity index (χ4v) is 5.94. The summed E-state index contributed by atoms with van der Waals surface area (Å²) in [5.41, 5.74) is 7.93. The van der Waals surface area contributed by atoms with Gasteiger partial charge in [-0.3, -0.25) is 0 Å². The van der Waals surface area contributed by atoms with E-state index < -0.39 is 0 Å². The summed E-state index contributed by atoms with van der Waals surface area (Å²) in [6.45, 7) is 4.39. The molecule has 0 radical (unpaired) electrons. The predicted octanol–water partition coefficient (Wildman–Crippen LogP) is 9.60. The molecule has 0 atom stereocenters. The van der Waals surface area contributed by atoms with Crippen molar-refractivity contribution in [2.75, 3.05) is 0 Å². The summed E-state index contributed by atoms with van der Waals surface area (Å²) in [5.74, 6) is 0. The number of hydrogen-bond acceptors (Lipinski definition) is 2. The molecule has 3 aromatic carbocycles. The zero-order valence-electron chi connectivity index (χ0n) is 18.5. The van der Waals surface area contributed by atoms with Gasteiger partial charge in [0.25, 0.3) is 0 Å². The number of hydrogen-bond donors (Lipinski definition) is 0. The fraction of sp³-hybridized carbons (Fsp3) is 0.133. The Hall–Kier alpha value is -2.94. The number of aryl methyl sites for hydroxylation is 2. The van der Waals surface area contributed by atoms with Crippen molar-refractivity contribution >= 4 is 22.7 Å². The summed E-state index contributed by atoms with van der Waals surface area (Å²) in [7, 11) is 0. The lowest BCUT2D eigenvalue weighted by molar-refractivity contribution is 1.14. The first-order chi connectivity index (χ1) is 15.7. The lowest BCUT2D eigenvalue weighted by Crippen LogP contribution is -1.78. The Kier molecular flexibility index (Phi) is 6.07. The lowest BCUT2D eigenvalue weighted by Gasteiger charge is -2.02. The van der Waals surface area contributed by atoms with Gasteiger partial charge in [0.05, 0.1) is 0 Å². The monoisotopic (exact) mass is 450 g/mol. The third kappa shape index (κ3) is 4.34. The van der Waals surface area contributed by atoms with Crippen molar-refractivity contribution in [2.24, 2.45) is 0 Å². The van der Waals surface area contributed by atoms with Gasteiger partial charge in [-0.2, -0.15) is 0 Å². The van der Waals surface area contributed by atoms with E-state index in [2.05, 4.69) is 111 Å². The summed E-state index contributed by atoms with van der Waals surface area (Å²) < 4.78 is 0. The van der Waals surface area contributed by atoms with E-state index in [0.717, 1.165) is 12.8 Å². The lowest BCUT2D eigenvalue weighted by atomic mass is 10.1. The van der Waals surface area contributed by atoms with Gasteiger partial charge < -0.3 is 0 Å². The largest absolute Gasteiger partial charge is 0.135 e.